The Morgan fingerprint density at radius 3 is 2.67 bits per heavy atom. The highest BCUT2D eigenvalue weighted by Crippen LogP contribution is 2.21. The maximum atomic E-state index is 12.1. The normalized spacial score (nSPS) is 19.1. The second-order valence-corrected chi connectivity index (χ2v) is 4.97. The molecule has 1 heterocycles. The van der Waals surface area contributed by atoms with E-state index < -0.39 is 23.7 Å². The van der Waals surface area contributed by atoms with E-state index in [2.05, 4.69) is 15.9 Å². The van der Waals surface area contributed by atoms with E-state index in [0.29, 0.717) is 5.56 Å². The van der Waals surface area contributed by atoms with Crippen molar-refractivity contribution in [2.45, 2.75) is 6.42 Å². The van der Waals surface area contributed by atoms with E-state index >= 15 is 0 Å². The molecule has 1 aliphatic rings. The van der Waals surface area contributed by atoms with E-state index in [9.17, 15) is 14.4 Å². The molecule has 1 aromatic carbocycles. The molecule has 94 valence electrons. The minimum atomic E-state index is -1.05. The summed E-state index contributed by atoms with van der Waals surface area (Å²) < 4.78 is 0.731. The molecular formula is C12H10BrNO4. The van der Waals surface area contributed by atoms with Crippen LogP contribution in [0.25, 0.3) is 0 Å². The number of hydrogen-bond acceptors (Lipinski definition) is 3. The number of imide groups is 1. The van der Waals surface area contributed by atoms with Gasteiger partial charge in [0, 0.05) is 23.0 Å². The molecule has 1 atom stereocenters. The van der Waals surface area contributed by atoms with Gasteiger partial charge in [-0.05, 0) is 18.2 Å². The molecule has 0 radical (unpaired) electrons. The van der Waals surface area contributed by atoms with Crippen molar-refractivity contribution in [1.29, 1.82) is 0 Å². The minimum absolute atomic E-state index is 0.0560. The summed E-state index contributed by atoms with van der Waals surface area (Å²) in [6, 6.07) is 6.65. The molecule has 0 saturated carbocycles. The van der Waals surface area contributed by atoms with E-state index in [4.69, 9.17) is 5.11 Å². The Morgan fingerprint density at radius 2 is 2.11 bits per heavy atom. The smallest absolute Gasteiger partial charge is 0.308 e. The zero-order valence-electron chi connectivity index (χ0n) is 9.30. The number of amides is 2. The first-order chi connectivity index (χ1) is 8.49. The monoisotopic (exact) mass is 311 g/mol. The highest BCUT2D eigenvalue weighted by molar-refractivity contribution is 9.10. The van der Waals surface area contributed by atoms with E-state index in [1.807, 2.05) is 0 Å². The van der Waals surface area contributed by atoms with Crippen LogP contribution in [-0.4, -0.2) is 34.3 Å². The lowest BCUT2D eigenvalue weighted by Gasteiger charge is -2.14. The van der Waals surface area contributed by atoms with Crippen molar-refractivity contribution in [3.8, 4) is 0 Å². The number of halogens is 1. The number of likely N-dealkylation sites (tertiary alicyclic amines) is 1. The third-order valence-electron chi connectivity index (χ3n) is 2.79. The van der Waals surface area contributed by atoms with Gasteiger partial charge in [-0.3, -0.25) is 19.3 Å². The third-order valence-corrected chi connectivity index (χ3v) is 3.28. The van der Waals surface area contributed by atoms with Gasteiger partial charge in [-0.25, -0.2) is 0 Å². The van der Waals surface area contributed by atoms with Gasteiger partial charge < -0.3 is 5.11 Å². The van der Waals surface area contributed by atoms with Crippen LogP contribution in [0.3, 0.4) is 0 Å². The Morgan fingerprint density at radius 1 is 1.39 bits per heavy atom. The van der Waals surface area contributed by atoms with Crippen molar-refractivity contribution in [2.24, 2.45) is 5.92 Å². The fourth-order valence-electron chi connectivity index (χ4n) is 1.85. The zero-order chi connectivity index (χ0) is 13.3. The van der Waals surface area contributed by atoms with Crippen LogP contribution in [0.4, 0.5) is 0 Å². The van der Waals surface area contributed by atoms with Crippen molar-refractivity contribution in [3.05, 3.63) is 34.3 Å². The van der Waals surface area contributed by atoms with Crippen molar-refractivity contribution in [1.82, 2.24) is 4.90 Å². The van der Waals surface area contributed by atoms with Gasteiger partial charge in [-0.15, -0.1) is 0 Å². The SMILES string of the molecule is O=C(O)C1CC(=O)N(C(=O)c2cccc(Br)c2)C1. The Kier molecular flexibility index (Phi) is 3.47. The number of rotatable bonds is 2. The summed E-state index contributed by atoms with van der Waals surface area (Å²) in [6.45, 7) is -0.0560. The summed E-state index contributed by atoms with van der Waals surface area (Å²) in [4.78, 5) is 35.5. The Hall–Kier alpha value is -1.69. The van der Waals surface area contributed by atoms with Crippen molar-refractivity contribution in [2.75, 3.05) is 6.54 Å². The maximum Gasteiger partial charge on any atom is 0.308 e. The summed E-state index contributed by atoms with van der Waals surface area (Å²) in [5.74, 6) is -2.74. The molecule has 1 unspecified atom stereocenters. The predicted octanol–water partition coefficient (Wildman–Crippen LogP) is 1.52. The second-order valence-electron chi connectivity index (χ2n) is 4.06. The third kappa shape index (κ3) is 2.43. The van der Waals surface area contributed by atoms with Gasteiger partial charge in [0.1, 0.15) is 0 Å². The average Bonchev–Trinajstić information content (AvgIpc) is 2.70. The lowest BCUT2D eigenvalue weighted by Crippen LogP contribution is -2.33. The molecule has 1 N–H and O–H groups in total. The van der Waals surface area contributed by atoms with Crippen LogP contribution in [0.2, 0.25) is 0 Å². The molecule has 5 nitrogen and oxygen atoms in total. The number of carbonyl (C=O) groups is 3. The fraction of sp³-hybridized carbons (Fsp3) is 0.250. The quantitative estimate of drug-likeness (QED) is 0.840. The predicted molar refractivity (Wildman–Crippen MR) is 65.9 cm³/mol. The summed E-state index contributed by atoms with van der Waals surface area (Å²) in [6.07, 6.45) is -0.116. The molecule has 2 rings (SSSR count). The molecule has 0 aromatic heterocycles. The van der Waals surface area contributed by atoms with Crippen LogP contribution in [0, 0.1) is 5.92 Å². The highest BCUT2D eigenvalue weighted by Gasteiger charge is 2.37. The van der Waals surface area contributed by atoms with Gasteiger partial charge in [0.25, 0.3) is 5.91 Å². The standard InChI is InChI=1S/C12H10BrNO4/c13-9-3-1-2-7(4-9)11(16)14-6-8(12(17)18)5-10(14)15/h1-4,8H,5-6H2,(H,17,18). The number of benzene rings is 1. The van der Waals surface area contributed by atoms with Crippen LogP contribution in [0.1, 0.15) is 16.8 Å². The molecular weight excluding hydrogens is 302 g/mol. The number of carboxylic acid groups (broad SMARTS) is 1. The van der Waals surface area contributed by atoms with Gasteiger partial charge in [0.05, 0.1) is 5.92 Å². The Balaban J connectivity index is 2.20. The molecule has 1 aliphatic heterocycles. The summed E-state index contributed by atoms with van der Waals surface area (Å²) in [7, 11) is 0. The molecule has 1 fully saturated rings. The number of nitrogens with zero attached hydrogens (tertiary/aromatic N) is 1. The topological polar surface area (TPSA) is 74.7 Å². The molecule has 0 spiro atoms. The van der Waals surface area contributed by atoms with E-state index in [1.165, 1.54) is 0 Å². The number of carboxylic acids is 1. The van der Waals surface area contributed by atoms with Gasteiger partial charge in [-0.1, -0.05) is 22.0 Å². The molecule has 2 amide bonds. The molecule has 1 saturated heterocycles. The zero-order valence-corrected chi connectivity index (χ0v) is 10.9. The van der Waals surface area contributed by atoms with Crippen LogP contribution >= 0.6 is 15.9 Å². The van der Waals surface area contributed by atoms with Crippen molar-refractivity contribution in [3.63, 3.8) is 0 Å². The summed E-state index contributed by atoms with van der Waals surface area (Å²) in [5, 5.41) is 8.85. The number of hydrogen-bond donors (Lipinski definition) is 1. The average molecular weight is 312 g/mol. The summed E-state index contributed by atoms with van der Waals surface area (Å²) >= 11 is 3.24. The van der Waals surface area contributed by atoms with E-state index in [1.54, 1.807) is 24.3 Å². The highest BCUT2D eigenvalue weighted by atomic mass is 79.9. The Bertz CT molecular complexity index is 529. The number of carbonyl (C=O) groups excluding carboxylic acids is 2. The maximum absolute atomic E-state index is 12.1. The fourth-order valence-corrected chi connectivity index (χ4v) is 2.25. The molecule has 18 heavy (non-hydrogen) atoms. The van der Waals surface area contributed by atoms with Gasteiger partial charge in [0.15, 0.2) is 0 Å². The van der Waals surface area contributed by atoms with Crippen molar-refractivity contribution < 1.29 is 19.5 Å². The molecule has 0 aliphatic carbocycles. The van der Waals surface area contributed by atoms with Gasteiger partial charge >= 0.3 is 5.97 Å². The van der Waals surface area contributed by atoms with Gasteiger partial charge in [0.2, 0.25) is 5.91 Å². The van der Waals surface area contributed by atoms with Crippen LogP contribution < -0.4 is 0 Å². The largest absolute Gasteiger partial charge is 0.481 e. The van der Waals surface area contributed by atoms with Crippen molar-refractivity contribution >= 4 is 33.7 Å². The van der Waals surface area contributed by atoms with Gasteiger partial charge in [-0.2, -0.15) is 0 Å². The van der Waals surface area contributed by atoms with Crippen LogP contribution in [0.15, 0.2) is 28.7 Å². The molecule has 6 heteroatoms. The summed E-state index contributed by atoms with van der Waals surface area (Å²) in [5.41, 5.74) is 0.365. The first kappa shape index (κ1) is 12.8. The van der Waals surface area contributed by atoms with Crippen LogP contribution in [-0.2, 0) is 9.59 Å². The van der Waals surface area contributed by atoms with E-state index in [0.717, 1.165) is 9.37 Å². The number of aliphatic carboxylic acids is 1. The first-order valence-corrected chi connectivity index (χ1v) is 6.11. The lowest BCUT2D eigenvalue weighted by molar-refractivity contribution is -0.141. The minimum Gasteiger partial charge on any atom is -0.481 e. The van der Waals surface area contributed by atoms with Crippen LogP contribution in [0.5, 0.6) is 0 Å². The Labute approximate surface area is 112 Å². The van der Waals surface area contributed by atoms with E-state index in [-0.39, 0.29) is 13.0 Å². The first-order valence-electron chi connectivity index (χ1n) is 5.32. The molecule has 0 bridgehead atoms. The molecule has 1 aromatic rings. The second kappa shape index (κ2) is 4.89. The lowest BCUT2D eigenvalue weighted by atomic mass is 10.1.